The third-order valence-corrected chi connectivity index (χ3v) is 6.30. The van der Waals surface area contributed by atoms with Gasteiger partial charge in [0.1, 0.15) is 17.2 Å². The Bertz CT molecular complexity index is 969. The van der Waals surface area contributed by atoms with Crippen LogP contribution in [0.3, 0.4) is 0 Å². The van der Waals surface area contributed by atoms with Crippen LogP contribution in [-0.2, 0) is 5.54 Å². The number of nitrogens with two attached hydrogens (primary N) is 1. The number of benzene rings is 1. The molecule has 0 spiro atoms. The lowest BCUT2D eigenvalue weighted by Crippen LogP contribution is -2.37. The minimum absolute atomic E-state index is 0.117. The second-order valence-corrected chi connectivity index (χ2v) is 8.09. The molecule has 3 N–H and O–H groups in total. The first-order valence-electron chi connectivity index (χ1n) is 9.08. The molecule has 6 nitrogen and oxygen atoms in total. The van der Waals surface area contributed by atoms with E-state index in [-0.39, 0.29) is 11.6 Å². The maximum Gasteiger partial charge on any atom is 0.281 e. The van der Waals surface area contributed by atoms with Crippen molar-refractivity contribution in [3.63, 3.8) is 0 Å². The van der Waals surface area contributed by atoms with Gasteiger partial charge < -0.3 is 11.1 Å². The van der Waals surface area contributed by atoms with Gasteiger partial charge in [-0.3, -0.25) is 14.8 Å². The molecule has 2 heterocycles. The van der Waals surface area contributed by atoms with Gasteiger partial charge >= 0.3 is 0 Å². The Morgan fingerprint density at radius 1 is 1.31 bits per heavy atom. The fourth-order valence-electron chi connectivity index (χ4n) is 3.96. The first-order valence-corrected chi connectivity index (χ1v) is 10.1. The summed E-state index contributed by atoms with van der Waals surface area (Å²) < 4.78 is 39.9. The monoisotopic (exact) mass is 421 g/mol. The lowest BCUT2D eigenvalue weighted by Gasteiger charge is -2.36. The summed E-state index contributed by atoms with van der Waals surface area (Å²) in [4.78, 5) is 24.3. The van der Waals surface area contributed by atoms with Crippen molar-refractivity contribution >= 4 is 28.5 Å². The quantitative estimate of drug-likeness (QED) is 0.782. The number of amidine groups is 1. The Morgan fingerprint density at radius 2 is 2.14 bits per heavy atom. The molecule has 152 valence electrons. The molecule has 0 saturated heterocycles. The van der Waals surface area contributed by atoms with Crippen LogP contribution in [0, 0.1) is 11.7 Å². The number of hydrogen-bond donors (Lipinski definition) is 2. The van der Waals surface area contributed by atoms with Gasteiger partial charge in [0.15, 0.2) is 5.17 Å². The number of amides is 1. The number of halogens is 3. The molecule has 2 aliphatic rings. The molecule has 0 radical (unpaired) electrons. The van der Waals surface area contributed by atoms with Gasteiger partial charge in [0.25, 0.3) is 12.3 Å². The van der Waals surface area contributed by atoms with Gasteiger partial charge in [-0.1, -0.05) is 18.2 Å². The predicted molar refractivity (Wildman–Crippen MR) is 104 cm³/mol. The van der Waals surface area contributed by atoms with Crippen LogP contribution in [0.25, 0.3) is 0 Å². The van der Waals surface area contributed by atoms with E-state index < -0.39 is 29.4 Å². The summed E-state index contributed by atoms with van der Waals surface area (Å²) in [6, 6.07) is 4.29. The molecule has 1 aliphatic carbocycles. The van der Waals surface area contributed by atoms with Crippen LogP contribution in [0.2, 0.25) is 0 Å². The predicted octanol–water partition coefficient (Wildman–Crippen LogP) is 3.86. The number of hydrogen-bond acceptors (Lipinski definition) is 6. The molecule has 4 rings (SSSR count). The highest BCUT2D eigenvalue weighted by Gasteiger charge is 2.48. The van der Waals surface area contributed by atoms with Crippen molar-refractivity contribution in [2.45, 2.75) is 31.2 Å². The van der Waals surface area contributed by atoms with Crippen molar-refractivity contribution in [2.24, 2.45) is 16.6 Å². The average Bonchev–Trinajstić information content (AvgIpc) is 3.13. The molecule has 1 aliphatic heterocycles. The van der Waals surface area contributed by atoms with Crippen LogP contribution in [0.4, 0.5) is 18.9 Å². The van der Waals surface area contributed by atoms with Gasteiger partial charge in [0.05, 0.1) is 17.9 Å². The molecule has 2 atom stereocenters. The van der Waals surface area contributed by atoms with Crippen LogP contribution >= 0.6 is 11.8 Å². The van der Waals surface area contributed by atoms with Gasteiger partial charge in [-0.15, -0.1) is 0 Å². The van der Waals surface area contributed by atoms with Crippen molar-refractivity contribution in [2.75, 3.05) is 11.1 Å². The Kier molecular flexibility index (Phi) is 5.20. The number of carbonyl (C=O) groups is 1. The van der Waals surface area contributed by atoms with E-state index in [0.717, 1.165) is 31.0 Å². The number of thioether (sulfide) groups is 1. The Labute approximate surface area is 169 Å². The normalized spacial score (nSPS) is 23.6. The zero-order valence-electron chi connectivity index (χ0n) is 15.2. The van der Waals surface area contributed by atoms with Crippen LogP contribution in [-0.4, -0.2) is 26.8 Å². The summed E-state index contributed by atoms with van der Waals surface area (Å²) in [6.45, 7) is 0. The van der Waals surface area contributed by atoms with Crippen LogP contribution in [0.1, 0.15) is 47.4 Å². The number of carbonyl (C=O) groups excluding carboxylic acids is 1. The number of rotatable bonds is 4. The molecule has 1 amide bonds. The van der Waals surface area contributed by atoms with Gasteiger partial charge in [-0.2, -0.15) is 0 Å². The topological polar surface area (TPSA) is 93.3 Å². The van der Waals surface area contributed by atoms with Gasteiger partial charge in [0.2, 0.25) is 0 Å². The van der Waals surface area contributed by atoms with Gasteiger partial charge in [0, 0.05) is 17.0 Å². The third kappa shape index (κ3) is 3.68. The molecular weight excluding hydrogens is 403 g/mol. The fraction of sp³-hybridized carbons (Fsp3) is 0.368. The highest BCUT2D eigenvalue weighted by atomic mass is 32.2. The third-order valence-electron chi connectivity index (χ3n) is 5.35. The zero-order valence-corrected chi connectivity index (χ0v) is 16.1. The lowest BCUT2D eigenvalue weighted by molar-refractivity contribution is 0.102. The first-order chi connectivity index (χ1) is 13.9. The molecule has 10 heteroatoms. The molecule has 1 aromatic carbocycles. The summed E-state index contributed by atoms with van der Waals surface area (Å²) in [7, 11) is 0. The Hall–Kier alpha value is -2.62. The number of nitrogens with zero attached hydrogens (tertiary/aromatic N) is 3. The summed E-state index contributed by atoms with van der Waals surface area (Å²) in [5.41, 5.74) is 5.35. The Balaban J connectivity index is 1.62. The van der Waals surface area contributed by atoms with E-state index in [2.05, 4.69) is 20.3 Å². The van der Waals surface area contributed by atoms with E-state index in [9.17, 15) is 18.0 Å². The lowest BCUT2D eigenvalue weighted by atomic mass is 9.81. The summed E-state index contributed by atoms with van der Waals surface area (Å²) in [6.07, 6.45) is 1.62. The molecule has 1 fully saturated rings. The highest BCUT2D eigenvalue weighted by molar-refractivity contribution is 8.13. The standard InChI is InChI=1S/C19H18F3N5OS/c20-13-4-3-11(26-17(28)15-8-24-14(7-25-15)16(21)22)6-12(13)19-5-1-2-10(19)9-29-18(23)27-19/h3-4,6-8,10,16H,1-2,5,9H2,(H2,23,27)(H,26,28)/t10?,19-/m0/s1. The van der Waals surface area contributed by atoms with Crippen LogP contribution in [0.15, 0.2) is 35.6 Å². The molecule has 2 aromatic rings. The molecular formula is C19H18F3N5OS. The largest absolute Gasteiger partial charge is 0.379 e. The number of nitrogens with one attached hydrogen (secondary N) is 1. The average molecular weight is 421 g/mol. The zero-order chi connectivity index (χ0) is 20.6. The van der Waals surface area contributed by atoms with Gasteiger partial charge in [-0.05, 0) is 37.0 Å². The maximum atomic E-state index is 14.8. The number of fused-ring (bicyclic) bond motifs is 1. The minimum atomic E-state index is -2.76. The number of aromatic nitrogens is 2. The molecule has 1 unspecified atom stereocenters. The van der Waals surface area contributed by atoms with Crippen LogP contribution in [0.5, 0.6) is 0 Å². The van der Waals surface area contributed by atoms with E-state index in [0.29, 0.717) is 22.8 Å². The smallest absolute Gasteiger partial charge is 0.281 e. The minimum Gasteiger partial charge on any atom is -0.379 e. The molecule has 0 bridgehead atoms. The SMILES string of the molecule is NC1=N[C@@]2(c3cc(NC(=O)c4cnc(C(F)F)cn4)ccc3F)CCCC2CS1. The second kappa shape index (κ2) is 7.66. The van der Waals surface area contributed by atoms with E-state index in [1.165, 1.54) is 23.9 Å². The summed E-state index contributed by atoms with van der Waals surface area (Å²) in [5, 5.41) is 3.06. The van der Waals surface area contributed by atoms with Crippen molar-refractivity contribution in [1.29, 1.82) is 0 Å². The van der Waals surface area contributed by atoms with E-state index in [4.69, 9.17) is 5.73 Å². The second-order valence-electron chi connectivity index (χ2n) is 7.05. The molecule has 1 saturated carbocycles. The van der Waals surface area contributed by atoms with Crippen molar-refractivity contribution in [3.8, 4) is 0 Å². The molecule has 29 heavy (non-hydrogen) atoms. The Morgan fingerprint density at radius 3 is 2.86 bits per heavy atom. The number of aliphatic imine (C=N–C) groups is 1. The van der Waals surface area contributed by atoms with E-state index >= 15 is 0 Å². The summed E-state index contributed by atoms with van der Waals surface area (Å²) in [5.74, 6) is -0.0803. The molecule has 1 aromatic heterocycles. The number of alkyl halides is 2. The maximum absolute atomic E-state index is 14.8. The van der Waals surface area contributed by atoms with Crippen molar-refractivity contribution < 1.29 is 18.0 Å². The highest BCUT2D eigenvalue weighted by Crippen LogP contribution is 2.51. The van der Waals surface area contributed by atoms with Crippen molar-refractivity contribution in [1.82, 2.24) is 9.97 Å². The number of anilines is 1. The van der Waals surface area contributed by atoms with Crippen LogP contribution < -0.4 is 11.1 Å². The fourth-order valence-corrected chi connectivity index (χ4v) is 5.00. The first kappa shape index (κ1) is 19.7. The van der Waals surface area contributed by atoms with E-state index in [1.54, 1.807) is 6.07 Å². The van der Waals surface area contributed by atoms with Gasteiger partial charge in [-0.25, -0.2) is 18.2 Å². The summed E-state index contributed by atoms with van der Waals surface area (Å²) >= 11 is 1.48. The van der Waals surface area contributed by atoms with Crippen molar-refractivity contribution in [3.05, 3.63) is 53.4 Å². The van der Waals surface area contributed by atoms with E-state index in [1.807, 2.05) is 0 Å².